The number of hydrogen-bond acceptors (Lipinski definition) is 5. The van der Waals surface area contributed by atoms with Crippen LogP contribution in [0.1, 0.15) is 38.6 Å². The number of nitrogens with zero attached hydrogens (tertiary/aromatic N) is 2. The highest BCUT2D eigenvalue weighted by atomic mass is 32.1. The minimum absolute atomic E-state index is 0.0144. The fourth-order valence-corrected chi connectivity index (χ4v) is 3.85. The molecule has 0 saturated heterocycles. The lowest BCUT2D eigenvalue weighted by atomic mass is 10.1. The topological polar surface area (TPSA) is 51.7 Å². The van der Waals surface area contributed by atoms with Gasteiger partial charge in [-0.05, 0) is 44.0 Å². The molecule has 158 valence electrons. The molecule has 6 heteroatoms. The normalized spacial score (nSPS) is 10.8. The number of ether oxygens (including phenoxy) is 2. The molecule has 0 bridgehead atoms. The van der Waals surface area contributed by atoms with E-state index in [1.165, 1.54) is 0 Å². The van der Waals surface area contributed by atoms with Crippen molar-refractivity contribution < 1.29 is 14.3 Å². The lowest BCUT2D eigenvalue weighted by Gasteiger charge is -2.22. The number of para-hydroxylation sites is 1. The Balaban J connectivity index is 1.66. The number of benzene rings is 2. The molecule has 0 saturated carbocycles. The lowest BCUT2D eigenvalue weighted by Crippen LogP contribution is -2.32. The van der Waals surface area contributed by atoms with Gasteiger partial charge in [0.2, 0.25) is 0 Å². The number of aromatic nitrogens is 1. The van der Waals surface area contributed by atoms with Crippen LogP contribution in [0.25, 0.3) is 0 Å². The number of carbonyl (C=O) groups is 1. The molecule has 0 N–H and O–H groups in total. The summed E-state index contributed by atoms with van der Waals surface area (Å²) in [6.45, 7) is 6.14. The third-order valence-electron chi connectivity index (χ3n) is 4.73. The van der Waals surface area contributed by atoms with E-state index >= 15 is 0 Å². The maximum Gasteiger partial charge on any atom is 0.254 e. The molecule has 0 unspecified atom stereocenters. The van der Waals surface area contributed by atoms with Crippen molar-refractivity contribution in [3.05, 3.63) is 81.3 Å². The third kappa shape index (κ3) is 6.15. The van der Waals surface area contributed by atoms with Crippen LogP contribution in [0.15, 0.2) is 53.9 Å². The average molecular weight is 425 g/mol. The largest absolute Gasteiger partial charge is 0.486 e. The summed E-state index contributed by atoms with van der Waals surface area (Å²) >= 11 is 1.56. The molecule has 30 heavy (non-hydrogen) atoms. The third-order valence-corrected chi connectivity index (χ3v) is 5.60. The van der Waals surface area contributed by atoms with E-state index in [2.05, 4.69) is 4.98 Å². The number of hydrogen-bond donors (Lipinski definition) is 0. The molecule has 2 aromatic carbocycles. The van der Waals surface area contributed by atoms with E-state index in [4.69, 9.17) is 9.47 Å². The van der Waals surface area contributed by atoms with E-state index in [9.17, 15) is 4.79 Å². The SMILES string of the molecule is COCCCN(Cc1csc(COc2ccccc2C)n1)C(=O)c1cccc(C)c1. The predicted molar refractivity (Wildman–Crippen MR) is 120 cm³/mol. The van der Waals surface area contributed by atoms with E-state index in [-0.39, 0.29) is 5.91 Å². The second kappa shape index (κ2) is 10.9. The molecule has 0 spiro atoms. The van der Waals surface area contributed by atoms with Crippen molar-refractivity contribution in [3.63, 3.8) is 0 Å². The van der Waals surface area contributed by atoms with Crippen molar-refractivity contribution in [3.8, 4) is 5.75 Å². The van der Waals surface area contributed by atoms with Crippen LogP contribution in [0.4, 0.5) is 0 Å². The van der Waals surface area contributed by atoms with Crippen molar-refractivity contribution in [1.29, 1.82) is 0 Å². The van der Waals surface area contributed by atoms with E-state index in [0.717, 1.165) is 34.0 Å². The highest BCUT2D eigenvalue weighted by Crippen LogP contribution is 2.20. The van der Waals surface area contributed by atoms with Gasteiger partial charge in [0, 0.05) is 31.2 Å². The quantitative estimate of drug-likeness (QED) is 0.429. The molecule has 0 fully saturated rings. The van der Waals surface area contributed by atoms with Gasteiger partial charge in [0.05, 0.1) is 12.2 Å². The Hall–Kier alpha value is -2.70. The minimum Gasteiger partial charge on any atom is -0.486 e. The van der Waals surface area contributed by atoms with Gasteiger partial charge in [0.25, 0.3) is 5.91 Å². The van der Waals surface area contributed by atoms with Crippen molar-refractivity contribution in [2.45, 2.75) is 33.4 Å². The Bertz CT molecular complexity index is 970. The first kappa shape index (κ1) is 22.0. The Morgan fingerprint density at radius 2 is 1.97 bits per heavy atom. The van der Waals surface area contributed by atoms with Crippen LogP contribution in [-0.4, -0.2) is 36.1 Å². The second-order valence-corrected chi connectivity index (χ2v) is 8.17. The molecule has 0 aliphatic heterocycles. The molecule has 1 amide bonds. The van der Waals surface area contributed by atoms with Crippen LogP contribution in [-0.2, 0) is 17.9 Å². The van der Waals surface area contributed by atoms with Gasteiger partial charge in [-0.15, -0.1) is 11.3 Å². The fourth-order valence-electron chi connectivity index (χ4n) is 3.15. The van der Waals surface area contributed by atoms with Crippen LogP contribution in [0, 0.1) is 13.8 Å². The molecule has 0 aliphatic rings. The van der Waals surface area contributed by atoms with Crippen LogP contribution in [0.5, 0.6) is 5.75 Å². The molecule has 0 radical (unpaired) electrons. The maximum absolute atomic E-state index is 13.1. The first-order valence-electron chi connectivity index (χ1n) is 10.0. The van der Waals surface area contributed by atoms with Gasteiger partial charge in [0.15, 0.2) is 0 Å². The molecule has 1 heterocycles. The van der Waals surface area contributed by atoms with E-state index < -0.39 is 0 Å². The Labute approximate surface area is 182 Å². The summed E-state index contributed by atoms with van der Waals surface area (Å²) in [5, 5.41) is 2.90. The summed E-state index contributed by atoms with van der Waals surface area (Å²) in [6.07, 6.45) is 0.779. The van der Waals surface area contributed by atoms with Gasteiger partial charge >= 0.3 is 0 Å². The number of carbonyl (C=O) groups excluding carboxylic acids is 1. The zero-order valence-corrected chi connectivity index (χ0v) is 18.6. The number of methoxy groups -OCH3 is 1. The Kier molecular flexibility index (Phi) is 7.99. The summed E-state index contributed by atoms with van der Waals surface area (Å²) in [5.74, 6) is 0.880. The molecule has 3 aromatic rings. The van der Waals surface area contributed by atoms with Crippen LogP contribution in [0.3, 0.4) is 0 Å². The summed E-state index contributed by atoms with van der Waals surface area (Å²) in [5.41, 5.74) is 3.75. The van der Waals surface area contributed by atoms with Gasteiger partial charge in [0.1, 0.15) is 17.4 Å². The van der Waals surface area contributed by atoms with Crippen LogP contribution >= 0.6 is 11.3 Å². The van der Waals surface area contributed by atoms with Gasteiger partial charge in [-0.2, -0.15) is 0 Å². The summed E-state index contributed by atoms with van der Waals surface area (Å²) in [7, 11) is 1.67. The van der Waals surface area contributed by atoms with Crippen molar-refractivity contribution >= 4 is 17.2 Å². The highest BCUT2D eigenvalue weighted by Gasteiger charge is 2.17. The monoisotopic (exact) mass is 424 g/mol. The molecular formula is C24H28N2O3S. The van der Waals surface area contributed by atoms with Gasteiger partial charge in [-0.25, -0.2) is 4.98 Å². The molecule has 0 aliphatic carbocycles. The number of rotatable bonds is 10. The Morgan fingerprint density at radius 3 is 2.73 bits per heavy atom. The molecule has 3 rings (SSSR count). The standard InChI is InChI=1S/C24H28N2O3S/c1-18-8-6-10-20(14-18)24(27)26(12-7-13-28-3)15-21-17-30-23(25-21)16-29-22-11-5-4-9-19(22)2/h4-6,8-11,14,17H,7,12-13,15-16H2,1-3H3. The molecule has 1 aromatic heterocycles. The highest BCUT2D eigenvalue weighted by molar-refractivity contribution is 7.09. The number of amides is 1. The summed E-state index contributed by atoms with van der Waals surface area (Å²) in [6, 6.07) is 15.6. The molecule has 5 nitrogen and oxygen atoms in total. The molecular weight excluding hydrogens is 396 g/mol. The van der Waals surface area contributed by atoms with Crippen LogP contribution < -0.4 is 4.74 Å². The van der Waals surface area contributed by atoms with Gasteiger partial charge < -0.3 is 14.4 Å². The van der Waals surface area contributed by atoms with Gasteiger partial charge in [-0.1, -0.05) is 35.9 Å². The zero-order chi connectivity index (χ0) is 21.3. The first-order valence-corrected chi connectivity index (χ1v) is 10.9. The smallest absolute Gasteiger partial charge is 0.254 e. The van der Waals surface area contributed by atoms with E-state index in [0.29, 0.717) is 31.9 Å². The first-order chi connectivity index (χ1) is 14.6. The predicted octanol–water partition coefficient (Wildman–Crippen LogP) is 5.02. The van der Waals surface area contributed by atoms with Crippen molar-refractivity contribution in [2.24, 2.45) is 0 Å². The van der Waals surface area contributed by atoms with Gasteiger partial charge in [-0.3, -0.25) is 4.79 Å². The Morgan fingerprint density at radius 1 is 1.13 bits per heavy atom. The van der Waals surface area contributed by atoms with E-state index in [1.807, 2.05) is 72.7 Å². The van der Waals surface area contributed by atoms with Crippen molar-refractivity contribution in [1.82, 2.24) is 9.88 Å². The fraction of sp³-hybridized carbons (Fsp3) is 0.333. The maximum atomic E-state index is 13.1. The van der Waals surface area contributed by atoms with Crippen molar-refractivity contribution in [2.75, 3.05) is 20.3 Å². The minimum atomic E-state index is 0.0144. The second-order valence-electron chi connectivity index (χ2n) is 7.23. The van der Waals surface area contributed by atoms with Crippen LogP contribution in [0.2, 0.25) is 0 Å². The van der Waals surface area contributed by atoms with E-state index in [1.54, 1.807) is 18.4 Å². The molecule has 0 atom stereocenters. The lowest BCUT2D eigenvalue weighted by molar-refractivity contribution is 0.0721. The average Bonchev–Trinajstić information content (AvgIpc) is 3.19. The summed E-state index contributed by atoms with van der Waals surface area (Å²) < 4.78 is 11.1. The number of aryl methyl sites for hydroxylation is 2. The zero-order valence-electron chi connectivity index (χ0n) is 17.8. The summed E-state index contributed by atoms with van der Waals surface area (Å²) in [4.78, 5) is 19.6. The number of thiazole rings is 1.